The lowest BCUT2D eigenvalue weighted by Crippen LogP contribution is -2.23. The van der Waals surface area contributed by atoms with Crippen LogP contribution in [0.25, 0.3) is 10.9 Å². The third kappa shape index (κ3) is 3.31. The molecule has 0 aliphatic carbocycles. The van der Waals surface area contributed by atoms with Gasteiger partial charge in [-0.05, 0) is 29.7 Å². The first kappa shape index (κ1) is 14.6. The van der Waals surface area contributed by atoms with Crippen molar-refractivity contribution in [3.05, 3.63) is 57.4 Å². The van der Waals surface area contributed by atoms with E-state index in [1.807, 2.05) is 6.07 Å². The van der Waals surface area contributed by atoms with Gasteiger partial charge in [-0.15, -0.1) is 11.3 Å². The summed E-state index contributed by atoms with van der Waals surface area (Å²) in [5.41, 5.74) is 2.59. The lowest BCUT2D eigenvalue weighted by Gasteiger charge is -2.12. The molecule has 1 N–H and O–H groups in total. The molecule has 2 heterocycles. The molecule has 1 aromatic carbocycles. The van der Waals surface area contributed by atoms with Crippen LogP contribution in [-0.2, 0) is 13.1 Å². The van der Waals surface area contributed by atoms with Crippen molar-refractivity contribution >= 4 is 33.8 Å². The minimum Gasteiger partial charge on any atom is -0.338 e. The molecule has 0 spiro atoms. The van der Waals surface area contributed by atoms with E-state index < -0.39 is 0 Å². The Bertz CT molecular complexity index is 742. The summed E-state index contributed by atoms with van der Waals surface area (Å²) in [6, 6.07) is 15.4. The number of hydrogen-bond donors (Lipinski definition) is 1. The standard InChI is InChI=1S/C17H19ClN2S/c1-12(2)19-10-14-9-13-5-3-4-6-16(13)20(14)11-15-7-8-17(18)21-15/h3-9,12,19H,10-11H2,1-2H3. The van der Waals surface area contributed by atoms with Gasteiger partial charge in [-0.2, -0.15) is 0 Å². The van der Waals surface area contributed by atoms with Gasteiger partial charge in [0.1, 0.15) is 0 Å². The van der Waals surface area contributed by atoms with Crippen molar-refractivity contribution in [2.24, 2.45) is 0 Å². The van der Waals surface area contributed by atoms with Crippen LogP contribution >= 0.6 is 22.9 Å². The summed E-state index contributed by atoms with van der Waals surface area (Å²) in [7, 11) is 0. The Morgan fingerprint density at radius 3 is 2.71 bits per heavy atom. The van der Waals surface area contributed by atoms with E-state index in [4.69, 9.17) is 11.6 Å². The highest BCUT2D eigenvalue weighted by molar-refractivity contribution is 7.16. The van der Waals surface area contributed by atoms with Crippen molar-refractivity contribution < 1.29 is 0 Å². The molecule has 0 fully saturated rings. The maximum atomic E-state index is 6.06. The largest absolute Gasteiger partial charge is 0.338 e. The molecular weight excluding hydrogens is 300 g/mol. The van der Waals surface area contributed by atoms with Crippen LogP contribution in [0.15, 0.2) is 42.5 Å². The highest BCUT2D eigenvalue weighted by Crippen LogP contribution is 2.26. The van der Waals surface area contributed by atoms with Gasteiger partial charge >= 0.3 is 0 Å². The van der Waals surface area contributed by atoms with Crippen LogP contribution in [0, 0.1) is 0 Å². The third-order valence-electron chi connectivity index (χ3n) is 3.53. The molecule has 2 aromatic heterocycles. The SMILES string of the molecule is CC(C)NCc1cc2ccccc2n1Cc1ccc(Cl)s1. The van der Waals surface area contributed by atoms with E-state index in [2.05, 4.69) is 60.1 Å². The van der Waals surface area contributed by atoms with Gasteiger partial charge in [0.05, 0.1) is 10.9 Å². The van der Waals surface area contributed by atoms with Crippen molar-refractivity contribution in [2.75, 3.05) is 0 Å². The van der Waals surface area contributed by atoms with Crippen molar-refractivity contribution in [2.45, 2.75) is 33.0 Å². The maximum absolute atomic E-state index is 6.06. The van der Waals surface area contributed by atoms with E-state index >= 15 is 0 Å². The molecule has 0 unspecified atom stereocenters. The number of nitrogens with zero attached hydrogens (tertiary/aromatic N) is 1. The van der Waals surface area contributed by atoms with Crippen LogP contribution < -0.4 is 5.32 Å². The Morgan fingerprint density at radius 2 is 2.00 bits per heavy atom. The molecule has 2 nitrogen and oxygen atoms in total. The number of nitrogens with one attached hydrogen (secondary N) is 1. The molecule has 0 bridgehead atoms. The lowest BCUT2D eigenvalue weighted by atomic mass is 10.2. The minimum atomic E-state index is 0.479. The molecule has 4 heteroatoms. The number of hydrogen-bond acceptors (Lipinski definition) is 2. The zero-order valence-electron chi connectivity index (χ0n) is 12.3. The smallest absolute Gasteiger partial charge is 0.0931 e. The highest BCUT2D eigenvalue weighted by Gasteiger charge is 2.10. The van der Waals surface area contributed by atoms with E-state index in [1.165, 1.54) is 21.5 Å². The number of thiophene rings is 1. The maximum Gasteiger partial charge on any atom is 0.0931 e. The molecule has 0 amide bonds. The van der Waals surface area contributed by atoms with E-state index in [1.54, 1.807) is 11.3 Å². The summed E-state index contributed by atoms with van der Waals surface area (Å²) in [6.45, 7) is 6.10. The number of rotatable bonds is 5. The zero-order valence-corrected chi connectivity index (χ0v) is 13.8. The van der Waals surface area contributed by atoms with Crippen LogP contribution in [0.5, 0.6) is 0 Å². The van der Waals surface area contributed by atoms with Crippen LogP contribution in [0.1, 0.15) is 24.4 Å². The molecule has 3 aromatic rings. The van der Waals surface area contributed by atoms with Crippen molar-refractivity contribution in [3.8, 4) is 0 Å². The summed E-state index contributed by atoms with van der Waals surface area (Å²) in [4.78, 5) is 1.28. The van der Waals surface area contributed by atoms with Gasteiger partial charge in [0.2, 0.25) is 0 Å². The molecule has 0 radical (unpaired) electrons. The fourth-order valence-electron chi connectivity index (χ4n) is 2.50. The molecule has 0 aliphatic rings. The molecule has 0 atom stereocenters. The predicted molar refractivity (Wildman–Crippen MR) is 92.3 cm³/mol. The number of fused-ring (bicyclic) bond motifs is 1. The molecule has 3 rings (SSSR count). The molecule has 21 heavy (non-hydrogen) atoms. The first-order chi connectivity index (χ1) is 10.1. The van der Waals surface area contributed by atoms with E-state index in [0.29, 0.717) is 6.04 Å². The Balaban J connectivity index is 1.98. The molecular formula is C17H19ClN2S. The van der Waals surface area contributed by atoms with E-state index in [9.17, 15) is 0 Å². The Hall–Kier alpha value is -1.29. The second-order valence-electron chi connectivity index (χ2n) is 5.52. The average Bonchev–Trinajstić information content (AvgIpc) is 3.01. The quantitative estimate of drug-likeness (QED) is 0.708. The predicted octanol–water partition coefficient (Wildman–Crippen LogP) is 4.90. The number of benzene rings is 1. The highest BCUT2D eigenvalue weighted by atomic mass is 35.5. The number of para-hydroxylation sites is 1. The van der Waals surface area contributed by atoms with Gasteiger partial charge in [-0.3, -0.25) is 0 Å². The lowest BCUT2D eigenvalue weighted by molar-refractivity contribution is 0.568. The first-order valence-corrected chi connectivity index (χ1v) is 8.37. The fourth-order valence-corrected chi connectivity index (χ4v) is 3.58. The molecule has 0 saturated heterocycles. The summed E-state index contributed by atoms with van der Waals surface area (Å²) in [5.74, 6) is 0. The van der Waals surface area contributed by atoms with Crippen LogP contribution in [0.2, 0.25) is 4.34 Å². The average molecular weight is 319 g/mol. The second kappa shape index (κ2) is 6.22. The first-order valence-electron chi connectivity index (χ1n) is 7.18. The molecule has 110 valence electrons. The van der Waals surface area contributed by atoms with Crippen LogP contribution in [-0.4, -0.2) is 10.6 Å². The van der Waals surface area contributed by atoms with E-state index in [0.717, 1.165) is 17.4 Å². The monoisotopic (exact) mass is 318 g/mol. The Kier molecular flexibility index (Phi) is 4.34. The normalized spacial score (nSPS) is 11.6. The third-order valence-corrected chi connectivity index (χ3v) is 4.75. The summed E-state index contributed by atoms with van der Waals surface area (Å²) < 4.78 is 3.23. The molecule has 0 saturated carbocycles. The number of halogens is 1. The zero-order chi connectivity index (χ0) is 14.8. The van der Waals surface area contributed by atoms with Gasteiger partial charge in [-0.25, -0.2) is 0 Å². The summed E-state index contributed by atoms with van der Waals surface area (Å²) in [5, 5.41) is 4.80. The number of aromatic nitrogens is 1. The van der Waals surface area contributed by atoms with Gasteiger partial charge in [0.25, 0.3) is 0 Å². The van der Waals surface area contributed by atoms with Crippen molar-refractivity contribution in [3.63, 3.8) is 0 Å². The topological polar surface area (TPSA) is 17.0 Å². The van der Waals surface area contributed by atoms with Gasteiger partial charge in [-0.1, -0.05) is 43.6 Å². The Morgan fingerprint density at radius 1 is 1.19 bits per heavy atom. The van der Waals surface area contributed by atoms with E-state index in [-0.39, 0.29) is 0 Å². The van der Waals surface area contributed by atoms with Gasteiger partial charge in [0, 0.05) is 28.7 Å². The fraction of sp³-hybridized carbons (Fsp3) is 0.294. The summed E-state index contributed by atoms with van der Waals surface area (Å²) >= 11 is 7.71. The second-order valence-corrected chi connectivity index (χ2v) is 7.32. The minimum absolute atomic E-state index is 0.479. The van der Waals surface area contributed by atoms with Gasteiger partial charge < -0.3 is 9.88 Å². The molecule has 0 aliphatic heterocycles. The van der Waals surface area contributed by atoms with Crippen LogP contribution in [0.3, 0.4) is 0 Å². The van der Waals surface area contributed by atoms with Crippen molar-refractivity contribution in [1.29, 1.82) is 0 Å². The summed E-state index contributed by atoms with van der Waals surface area (Å²) in [6.07, 6.45) is 0. The van der Waals surface area contributed by atoms with Crippen molar-refractivity contribution in [1.82, 2.24) is 9.88 Å². The van der Waals surface area contributed by atoms with Gasteiger partial charge in [0.15, 0.2) is 0 Å². The Labute approximate surface area is 134 Å². The van der Waals surface area contributed by atoms with Crippen LogP contribution in [0.4, 0.5) is 0 Å².